The van der Waals surface area contributed by atoms with Crippen molar-refractivity contribution in [2.45, 2.75) is 59.3 Å². The lowest BCUT2D eigenvalue weighted by Crippen LogP contribution is -2.37. The molecule has 8 aromatic carbocycles. The molecule has 0 radical (unpaired) electrons. The molecule has 0 atom stereocenters. The molecule has 0 spiro atoms. The molecule has 0 aliphatic carbocycles. The Hall–Kier alpha value is -7.18. The smallest absolute Gasteiger partial charge is 0.198 e. The Morgan fingerprint density at radius 2 is 1.08 bits per heavy atom. The van der Waals surface area contributed by atoms with Crippen LogP contribution in [-0.4, -0.2) is 11.8 Å². The van der Waals surface area contributed by atoms with Crippen LogP contribution in [-0.2, 0) is 10.8 Å². The third-order valence-electron chi connectivity index (χ3n) is 13.8. The van der Waals surface area contributed by atoms with Crippen molar-refractivity contribution in [1.82, 2.24) is 4.57 Å². The highest BCUT2D eigenvalue weighted by Crippen LogP contribution is 2.45. The van der Waals surface area contributed by atoms with Gasteiger partial charge in [0.05, 0.1) is 11.2 Å². The molecule has 0 amide bonds. The number of nitrogens with zero attached hydrogens (tertiary/aromatic N) is 1. The van der Waals surface area contributed by atoms with Crippen LogP contribution in [0.1, 0.15) is 58.2 Å². The summed E-state index contributed by atoms with van der Waals surface area (Å²) >= 11 is 0. The van der Waals surface area contributed by atoms with E-state index in [-0.39, 0.29) is 10.8 Å². The van der Waals surface area contributed by atoms with Gasteiger partial charge in [0.2, 0.25) is 0 Å². The summed E-state index contributed by atoms with van der Waals surface area (Å²) in [6.07, 6.45) is 0. The number of furan rings is 3. The topological polar surface area (TPSA) is 56.4 Å². The molecule has 1 aliphatic rings. The van der Waals surface area contributed by atoms with Crippen molar-refractivity contribution in [1.29, 1.82) is 0 Å². The van der Waals surface area contributed by atoms with E-state index in [1.807, 2.05) is 12.1 Å². The van der Waals surface area contributed by atoms with E-state index in [0.29, 0.717) is 0 Å². The number of aromatic nitrogens is 1. The summed E-state index contributed by atoms with van der Waals surface area (Å²) in [5, 5.41) is 13.1. The van der Waals surface area contributed by atoms with Crippen molar-refractivity contribution in [3.05, 3.63) is 150 Å². The van der Waals surface area contributed by atoms with Gasteiger partial charge in [0.15, 0.2) is 7.28 Å². The molecule has 5 heterocycles. The first-order chi connectivity index (χ1) is 30.4. The summed E-state index contributed by atoms with van der Waals surface area (Å²) in [7, 11) is 0.754. The number of hydrogen-bond donors (Lipinski definition) is 1. The highest BCUT2D eigenvalue weighted by molar-refractivity contribution is 6.74. The average molecular weight is 817 g/mol. The standard InChI is InChI=1S/C57H45BN2O3/c1-30-22-41(36-24-38-37-23-32(57(5,6)7)18-21-49(37)63-51(38)28-44(36)59-33-19-16-31(17-20-33)56(2,3)4)54-55-53(30)42-27-50-40(35-13-9-11-15-48(35)61-50)26-45(42)60(55)46-29-52-39(25-43(46)58-54)34-12-8-10-14-47(34)62-52/h8-29,58-59H,1-7H3. The second-order valence-electron chi connectivity index (χ2n) is 19.9. The first kappa shape index (κ1) is 36.5. The summed E-state index contributed by atoms with van der Waals surface area (Å²) in [4.78, 5) is 0. The zero-order valence-corrected chi connectivity index (χ0v) is 36.6. The zero-order chi connectivity index (χ0) is 42.7. The van der Waals surface area contributed by atoms with Crippen LogP contribution < -0.4 is 16.2 Å². The third kappa shape index (κ3) is 5.30. The van der Waals surface area contributed by atoms with Crippen LogP contribution in [0.25, 0.3) is 104 Å². The largest absolute Gasteiger partial charge is 0.456 e. The van der Waals surface area contributed by atoms with Crippen LogP contribution in [0.15, 0.2) is 147 Å². The summed E-state index contributed by atoms with van der Waals surface area (Å²) < 4.78 is 22.3. The highest BCUT2D eigenvalue weighted by Gasteiger charge is 2.30. The van der Waals surface area contributed by atoms with Crippen molar-refractivity contribution in [3.63, 3.8) is 0 Å². The van der Waals surface area contributed by atoms with Crippen molar-refractivity contribution in [2.75, 3.05) is 5.32 Å². The molecule has 12 aromatic rings. The van der Waals surface area contributed by atoms with Gasteiger partial charge >= 0.3 is 0 Å². The van der Waals surface area contributed by atoms with E-state index >= 15 is 0 Å². The van der Waals surface area contributed by atoms with Gasteiger partial charge in [0.25, 0.3) is 0 Å². The normalized spacial score (nSPS) is 13.1. The van der Waals surface area contributed by atoms with Gasteiger partial charge in [-0.2, -0.15) is 0 Å². The van der Waals surface area contributed by atoms with Gasteiger partial charge in [-0.1, -0.05) is 114 Å². The maximum absolute atomic E-state index is 6.69. The van der Waals surface area contributed by atoms with Gasteiger partial charge in [-0.15, -0.1) is 0 Å². The minimum atomic E-state index is -0.00644. The zero-order valence-electron chi connectivity index (χ0n) is 36.6. The summed E-state index contributed by atoms with van der Waals surface area (Å²) in [6, 6.07) is 48.6. The Morgan fingerprint density at radius 1 is 0.492 bits per heavy atom. The Labute approximate surface area is 365 Å². The first-order valence-electron chi connectivity index (χ1n) is 22.1. The molecule has 0 unspecified atom stereocenters. The van der Waals surface area contributed by atoms with Gasteiger partial charge in [-0.25, -0.2) is 0 Å². The lowest BCUT2D eigenvalue weighted by molar-refractivity contribution is 0.590. The quantitative estimate of drug-likeness (QED) is 0.181. The fourth-order valence-electron chi connectivity index (χ4n) is 10.5. The Balaban J connectivity index is 1.13. The van der Waals surface area contributed by atoms with Crippen molar-refractivity contribution >= 4 is 117 Å². The fourth-order valence-corrected chi connectivity index (χ4v) is 10.5. The number of anilines is 2. The van der Waals surface area contributed by atoms with Gasteiger partial charge in [0, 0.05) is 77.7 Å². The van der Waals surface area contributed by atoms with Crippen LogP contribution in [0.2, 0.25) is 0 Å². The molecule has 6 heteroatoms. The van der Waals surface area contributed by atoms with Crippen molar-refractivity contribution in [3.8, 4) is 16.8 Å². The number of benzene rings is 8. The van der Waals surface area contributed by atoms with Crippen molar-refractivity contribution in [2.24, 2.45) is 0 Å². The molecule has 304 valence electrons. The van der Waals surface area contributed by atoms with Crippen molar-refractivity contribution < 1.29 is 13.3 Å². The van der Waals surface area contributed by atoms with Gasteiger partial charge in [-0.3, -0.25) is 0 Å². The monoisotopic (exact) mass is 816 g/mol. The molecular formula is C57H45BN2O3. The number of fused-ring (bicyclic) bond motifs is 14. The second kappa shape index (κ2) is 12.5. The first-order valence-corrected chi connectivity index (χ1v) is 22.1. The lowest BCUT2D eigenvalue weighted by Gasteiger charge is -2.25. The Bertz CT molecular complexity index is 3940. The van der Waals surface area contributed by atoms with E-state index < -0.39 is 0 Å². The van der Waals surface area contributed by atoms with Gasteiger partial charge in [0.1, 0.15) is 33.5 Å². The molecule has 63 heavy (non-hydrogen) atoms. The van der Waals surface area contributed by atoms with E-state index in [1.54, 1.807) is 0 Å². The summed E-state index contributed by atoms with van der Waals surface area (Å²) in [5.74, 6) is 0. The second-order valence-corrected chi connectivity index (χ2v) is 19.9. The predicted octanol–water partition coefficient (Wildman–Crippen LogP) is 14.5. The molecule has 0 fully saturated rings. The lowest BCUT2D eigenvalue weighted by atomic mass is 9.58. The maximum Gasteiger partial charge on any atom is 0.198 e. The number of para-hydroxylation sites is 2. The van der Waals surface area contributed by atoms with Crippen LogP contribution in [0.5, 0.6) is 0 Å². The van der Waals surface area contributed by atoms with Crippen LogP contribution in [0.3, 0.4) is 0 Å². The molecular weight excluding hydrogens is 771 g/mol. The molecule has 1 aliphatic heterocycles. The average Bonchev–Trinajstić information content (AvgIpc) is 4.01. The van der Waals surface area contributed by atoms with E-state index in [0.717, 1.165) is 101 Å². The molecule has 0 bridgehead atoms. The predicted molar refractivity (Wildman–Crippen MR) is 266 cm³/mol. The van der Waals surface area contributed by atoms with E-state index in [2.05, 4.69) is 180 Å². The molecule has 13 rings (SSSR count). The van der Waals surface area contributed by atoms with Gasteiger partial charge < -0.3 is 23.1 Å². The van der Waals surface area contributed by atoms with Gasteiger partial charge in [-0.05, 0) is 100 Å². The Kier molecular flexibility index (Phi) is 7.22. The van der Waals surface area contributed by atoms with E-state index in [9.17, 15) is 0 Å². The van der Waals surface area contributed by atoms with Crippen LogP contribution in [0.4, 0.5) is 11.4 Å². The van der Waals surface area contributed by atoms with E-state index in [4.69, 9.17) is 13.3 Å². The maximum atomic E-state index is 6.69. The minimum Gasteiger partial charge on any atom is -0.456 e. The number of aryl methyl sites for hydroxylation is 1. The molecule has 0 saturated heterocycles. The summed E-state index contributed by atoms with van der Waals surface area (Å²) in [5.41, 5.74) is 19.7. The SMILES string of the molecule is Cc1cc(-c2cc3c(cc2Nc2ccc(C(C)(C)C)cc2)oc2ccc(C(C)(C)C)cc23)c2c3c1c1cc4oc5ccccc5c4cc1n3-c1cc3oc4ccccc4c3cc1B2. The third-order valence-corrected chi connectivity index (χ3v) is 13.8. The number of rotatable bonds is 3. The molecule has 0 saturated carbocycles. The van der Waals surface area contributed by atoms with Crippen LogP contribution >= 0.6 is 0 Å². The highest BCUT2D eigenvalue weighted by atomic mass is 16.3. The van der Waals surface area contributed by atoms with E-state index in [1.165, 1.54) is 49.5 Å². The fraction of sp³-hybridized carbons (Fsp3) is 0.158. The minimum absolute atomic E-state index is 0.00644. The molecule has 4 aromatic heterocycles. The molecule has 5 nitrogen and oxygen atoms in total. The Morgan fingerprint density at radius 3 is 1.78 bits per heavy atom. The molecule has 1 N–H and O–H groups in total. The number of nitrogens with one attached hydrogen (secondary N) is 1. The number of hydrogen-bond acceptors (Lipinski definition) is 4. The van der Waals surface area contributed by atoms with Crippen LogP contribution in [0, 0.1) is 6.92 Å². The summed E-state index contributed by atoms with van der Waals surface area (Å²) in [6.45, 7) is 15.9.